The highest BCUT2D eigenvalue weighted by Crippen LogP contribution is 2.21. The van der Waals surface area contributed by atoms with Crippen molar-refractivity contribution < 1.29 is 13.5 Å². The molecule has 1 rings (SSSR count). The number of nitrogen functional groups attached to an aromatic ring is 1. The van der Waals surface area contributed by atoms with Crippen molar-refractivity contribution in [3.63, 3.8) is 0 Å². The van der Waals surface area contributed by atoms with Gasteiger partial charge in [-0.25, -0.2) is 13.1 Å². The Kier molecular flexibility index (Phi) is 4.09. The number of hydrogen-bond donors (Lipinski definition) is 3. The number of thiophene rings is 1. The Morgan fingerprint density at radius 2 is 2.33 bits per heavy atom. The SMILES string of the molecule is CC(O)CCNS(=O)(=O)c1cc(N)cs1. The van der Waals surface area contributed by atoms with Crippen molar-refractivity contribution >= 4 is 27.0 Å². The van der Waals surface area contributed by atoms with Crippen LogP contribution in [0.3, 0.4) is 0 Å². The molecule has 1 unspecified atom stereocenters. The number of nitrogens with one attached hydrogen (secondary N) is 1. The summed E-state index contributed by atoms with van der Waals surface area (Å²) in [6, 6.07) is 1.41. The topological polar surface area (TPSA) is 92.4 Å². The van der Waals surface area contributed by atoms with E-state index in [1.165, 1.54) is 6.07 Å². The second kappa shape index (κ2) is 4.93. The molecule has 15 heavy (non-hydrogen) atoms. The van der Waals surface area contributed by atoms with Crippen LogP contribution in [0.2, 0.25) is 0 Å². The summed E-state index contributed by atoms with van der Waals surface area (Å²) in [6.45, 7) is 1.83. The van der Waals surface area contributed by atoms with E-state index in [-0.39, 0.29) is 10.8 Å². The maximum absolute atomic E-state index is 11.6. The van der Waals surface area contributed by atoms with Crippen molar-refractivity contribution in [3.05, 3.63) is 11.4 Å². The minimum atomic E-state index is -3.46. The highest BCUT2D eigenvalue weighted by Gasteiger charge is 2.15. The third-order valence-corrected chi connectivity index (χ3v) is 4.63. The summed E-state index contributed by atoms with van der Waals surface area (Å²) in [5.41, 5.74) is 5.87. The molecular formula is C8H14N2O3S2. The van der Waals surface area contributed by atoms with E-state index in [0.717, 1.165) is 11.3 Å². The number of aliphatic hydroxyl groups excluding tert-OH is 1. The minimum Gasteiger partial charge on any atom is -0.398 e. The minimum absolute atomic E-state index is 0.200. The van der Waals surface area contributed by atoms with E-state index in [4.69, 9.17) is 10.8 Å². The lowest BCUT2D eigenvalue weighted by Gasteiger charge is -2.05. The summed E-state index contributed by atoms with van der Waals surface area (Å²) in [4.78, 5) is 0. The maximum atomic E-state index is 11.6. The van der Waals surface area contributed by atoms with Gasteiger partial charge in [-0.1, -0.05) is 0 Å². The van der Waals surface area contributed by atoms with Crippen LogP contribution in [0, 0.1) is 0 Å². The Morgan fingerprint density at radius 1 is 1.67 bits per heavy atom. The number of sulfonamides is 1. The normalized spacial score (nSPS) is 14.0. The van der Waals surface area contributed by atoms with Gasteiger partial charge in [0.1, 0.15) is 4.21 Å². The Morgan fingerprint density at radius 3 is 2.80 bits per heavy atom. The first-order valence-corrected chi connectivity index (χ1v) is 6.80. The Balaban J connectivity index is 2.60. The van der Waals surface area contributed by atoms with Gasteiger partial charge in [0.25, 0.3) is 0 Å². The van der Waals surface area contributed by atoms with E-state index in [1.54, 1.807) is 12.3 Å². The molecular weight excluding hydrogens is 236 g/mol. The molecule has 0 spiro atoms. The van der Waals surface area contributed by atoms with Crippen LogP contribution >= 0.6 is 11.3 Å². The molecule has 0 saturated carbocycles. The van der Waals surface area contributed by atoms with Crippen molar-refractivity contribution in [2.75, 3.05) is 12.3 Å². The van der Waals surface area contributed by atoms with Gasteiger partial charge in [-0.2, -0.15) is 0 Å². The molecule has 0 radical (unpaired) electrons. The first-order chi connectivity index (χ1) is 6.92. The van der Waals surface area contributed by atoms with Crippen molar-refractivity contribution in [1.29, 1.82) is 0 Å². The lowest BCUT2D eigenvalue weighted by atomic mass is 10.3. The fourth-order valence-electron chi connectivity index (χ4n) is 0.944. The van der Waals surface area contributed by atoms with E-state index in [0.29, 0.717) is 12.1 Å². The Bertz CT molecular complexity index is 411. The van der Waals surface area contributed by atoms with Gasteiger partial charge in [-0.3, -0.25) is 0 Å². The molecule has 1 heterocycles. The van der Waals surface area contributed by atoms with E-state index < -0.39 is 16.1 Å². The maximum Gasteiger partial charge on any atom is 0.250 e. The van der Waals surface area contributed by atoms with Gasteiger partial charge in [0.15, 0.2) is 0 Å². The molecule has 0 amide bonds. The highest BCUT2D eigenvalue weighted by atomic mass is 32.2. The third kappa shape index (κ3) is 3.78. The second-order valence-corrected chi connectivity index (χ2v) is 6.14. The standard InChI is InChI=1S/C8H14N2O3S2/c1-6(11)2-3-10-15(12,13)8-4-7(9)5-14-8/h4-6,10-11H,2-3,9H2,1H3. The smallest absolute Gasteiger partial charge is 0.250 e. The predicted octanol–water partition coefficient (Wildman–Crippen LogP) is 0.379. The Labute approximate surface area is 93.0 Å². The Hall–Kier alpha value is -0.630. The molecule has 0 aromatic carbocycles. The zero-order chi connectivity index (χ0) is 11.5. The second-order valence-electron chi connectivity index (χ2n) is 3.23. The molecule has 0 aliphatic rings. The van der Waals surface area contributed by atoms with E-state index in [2.05, 4.69) is 4.72 Å². The predicted molar refractivity (Wildman–Crippen MR) is 60.2 cm³/mol. The van der Waals surface area contributed by atoms with Crippen LogP contribution in [-0.2, 0) is 10.0 Å². The summed E-state index contributed by atoms with van der Waals surface area (Å²) in [6.07, 6.45) is -0.124. The number of rotatable bonds is 5. The fourth-order valence-corrected chi connectivity index (χ4v) is 3.12. The van der Waals surface area contributed by atoms with Gasteiger partial charge in [-0.05, 0) is 19.4 Å². The van der Waals surface area contributed by atoms with E-state index in [9.17, 15) is 8.42 Å². The van der Waals surface area contributed by atoms with Crippen molar-refractivity contribution in [1.82, 2.24) is 4.72 Å². The monoisotopic (exact) mass is 250 g/mol. The average molecular weight is 250 g/mol. The quantitative estimate of drug-likeness (QED) is 0.704. The van der Waals surface area contributed by atoms with Gasteiger partial charge in [0.05, 0.1) is 6.10 Å². The van der Waals surface area contributed by atoms with Crippen LogP contribution in [0.5, 0.6) is 0 Å². The molecule has 1 aromatic heterocycles. The van der Waals surface area contributed by atoms with Gasteiger partial charge >= 0.3 is 0 Å². The van der Waals surface area contributed by atoms with Gasteiger partial charge in [0.2, 0.25) is 10.0 Å². The molecule has 7 heteroatoms. The third-order valence-electron chi connectivity index (χ3n) is 1.71. The molecule has 86 valence electrons. The van der Waals surface area contributed by atoms with Gasteiger partial charge in [0, 0.05) is 17.6 Å². The fraction of sp³-hybridized carbons (Fsp3) is 0.500. The molecule has 0 saturated heterocycles. The first-order valence-electron chi connectivity index (χ1n) is 4.43. The zero-order valence-electron chi connectivity index (χ0n) is 8.30. The molecule has 1 atom stereocenters. The summed E-state index contributed by atoms with van der Waals surface area (Å²) >= 11 is 1.08. The number of hydrogen-bond acceptors (Lipinski definition) is 5. The molecule has 0 fully saturated rings. The summed E-state index contributed by atoms with van der Waals surface area (Å²) in [5, 5.41) is 10.5. The van der Waals surface area contributed by atoms with Crippen LogP contribution in [0.1, 0.15) is 13.3 Å². The van der Waals surface area contributed by atoms with Crippen molar-refractivity contribution in [3.8, 4) is 0 Å². The van der Waals surface area contributed by atoms with Gasteiger partial charge < -0.3 is 10.8 Å². The largest absolute Gasteiger partial charge is 0.398 e. The zero-order valence-corrected chi connectivity index (χ0v) is 9.94. The molecule has 5 nitrogen and oxygen atoms in total. The van der Waals surface area contributed by atoms with Crippen LogP contribution in [-0.4, -0.2) is 26.2 Å². The molecule has 0 bridgehead atoms. The van der Waals surface area contributed by atoms with Crippen LogP contribution in [0.25, 0.3) is 0 Å². The summed E-state index contributed by atoms with van der Waals surface area (Å²) < 4.78 is 25.8. The van der Waals surface area contributed by atoms with Crippen LogP contribution in [0.4, 0.5) is 5.69 Å². The highest BCUT2D eigenvalue weighted by molar-refractivity contribution is 7.91. The molecule has 4 N–H and O–H groups in total. The number of nitrogens with two attached hydrogens (primary N) is 1. The van der Waals surface area contributed by atoms with Crippen molar-refractivity contribution in [2.45, 2.75) is 23.7 Å². The molecule has 1 aromatic rings. The van der Waals surface area contributed by atoms with Crippen LogP contribution < -0.4 is 10.5 Å². The lowest BCUT2D eigenvalue weighted by molar-refractivity contribution is 0.186. The first kappa shape index (κ1) is 12.4. The van der Waals surface area contributed by atoms with Crippen molar-refractivity contribution in [2.24, 2.45) is 0 Å². The molecule has 0 aliphatic heterocycles. The average Bonchev–Trinajstić information content (AvgIpc) is 2.51. The summed E-state index contributed by atoms with van der Waals surface area (Å²) in [7, 11) is -3.46. The molecule has 0 aliphatic carbocycles. The van der Waals surface area contributed by atoms with E-state index in [1.807, 2.05) is 0 Å². The summed E-state index contributed by atoms with van der Waals surface area (Å²) in [5.74, 6) is 0. The van der Waals surface area contributed by atoms with E-state index >= 15 is 0 Å². The number of anilines is 1. The van der Waals surface area contributed by atoms with Crippen LogP contribution in [0.15, 0.2) is 15.7 Å². The number of aliphatic hydroxyl groups is 1. The van der Waals surface area contributed by atoms with Gasteiger partial charge in [-0.15, -0.1) is 11.3 Å². The lowest BCUT2D eigenvalue weighted by Crippen LogP contribution is -2.26.